The zero-order valence-corrected chi connectivity index (χ0v) is 11.5. The third-order valence-electron chi connectivity index (χ3n) is 5.32. The third kappa shape index (κ3) is 2.14. The average Bonchev–Trinajstić information content (AvgIpc) is 2.77. The molecule has 2 nitrogen and oxygen atoms in total. The van der Waals surface area contributed by atoms with Gasteiger partial charge in [-0.25, -0.2) is 0 Å². The smallest absolute Gasteiger partial charge is 0.157 e. The molecule has 0 saturated heterocycles. The van der Waals surface area contributed by atoms with Gasteiger partial charge < -0.3 is 9.84 Å². The molecule has 2 heteroatoms. The summed E-state index contributed by atoms with van der Waals surface area (Å²) in [7, 11) is 0. The van der Waals surface area contributed by atoms with Crippen LogP contribution in [0.4, 0.5) is 0 Å². The predicted octanol–water partition coefficient (Wildman–Crippen LogP) is 3.65. The molecule has 0 bridgehead atoms. The summed E-state index contributed by atoms with van der Waals surface area (Å²) in [6, 6.07) is 0. The summed E-state index contributed by atoms with van der Waals surface area (Å²) >= 11 is 0. The molecule has 1 N–H and O–H groups in total. The molecule has 0 spiro atoms. The zero-order valence-electron chi connectivity index (χ0n) is 11.5. The number of allylic oxidation sites excluding steroid dienone is 2. The largest absolute Gasteiger partial charge is 0.368 e. The molecule has 0 amide bonds. The van der Waals surface area contributed by atoms with Crippen LogP contribution in [0, 0.1) is 17.8 Å². The van der Waals surface area contributed by atoms with E-state index in [4.69, 9.17) is 4.74 Å². The molecule has 4 atom stereocenters. The van der Waals surface area contributed by atoms with Crippen LogP contribution in [-0.2, 0) is 4.74 Å². The number of ether oxygens (including phenoxy) is 1. The molecule has 102 valence electrons. The van der Waals surface area contributed by atoms with E-state index >= 15 is 0 Å². The summed E-state index contributed by atoms with van der Waals surface area (Å²) < 4.78 is 5.50. The lowest BCUT2D eigenvalue weighted by atomic mass is 9.70. The van der Waals surface area contributed by atoms with Gasteiger partial charge in [0.25, 0.3) is 0 Å². The minimum Gasteiger partial charge on any atom is -0.368 e. The minimum atomic E-state index is -0.531. The van der Waals surface area contributed by atoms with Gasteiger partial charge in [0.15, 0.2) is 6.29 Å². The quantitative estimate of drug-likeness (QED) is 0.612. The second kappa shape index (κ2) is 5.34. The Labute approximate surface area is 110 Å². The molecule has 18 heavy (non-hydrogen) atoms. The van der Waals surface area contributed by atoms with Crippen LogP contribution in [-0.4, -0.2) is 18.0 Å². The van der Waals surface area contributed by atoms with Crippen molar-refractivity contribution in [3.05, 3.63) is 11.1 Å². The van der Waals surface area contributed by atoms with Gasteiger partial charge in [-0.15, -0.1) is 0 Å². The van der Waals surface area contributed by atoms with Gasteiger partial charge in [-0.2, -0.15) is 0 Å². The van der Waals surface area contributed by atoms with Crippen molar-refractivity contribution in [3.8, 4) is 0 Å². The first-order valence-electron chi connectivity index (χ1n) is 7.81. The Morgan fingerprint density at radius 2 is 2.06 bits per heavy atom. The van der Waals surface area contributed by atoms with Gasteiger partial charge in [-0.1, -0.05) is 17.6 Å². The maximum Gasteiger partial charge on any atom is 0.157 e. The van der Waals surface area contributed by atoms with E-state index < -0.39 is 6.29 Å². The highest BCUT2D eigenvalue weighted by Gasteiger charge is 2.44. The van der Waals surface area contributed by atoms with E-state index in [1.54, 1.807) is 11.1 Å². The van der Waals surface area contributed by atoms with E-state index in [2.05, 4.69) is 0 Å². The topological polar surface area (TPSA) is 29.5 Å². The van der Waals surface area contributed by atoms with E-state index in [-0.39, 0.29) is 0 Å². The maximum atomic E-state index is 10.3. The van der Waals surface area contributed by atoms with E-state index in [0.29, 0.717) is 18.4 Å². The highest BCUT2D eigenvalue weighted by Crippen LogP contribution is 2.53. The Bertz CT molecular complexity index is 334. The Balaban J connectivity index is 1.81. The fourth-order valence-corrected chi connectivity index (χ4v) is 4.65. The number of hydrogen-bond donors (Lipinski definition) is 1. The standard InChI is InChI=1S/C16H26O2/c1-2-18-16(17)14-9-5-7-12-10-11-6-3-4-8-13(11)15(12)14/h12,14-17H,2-10H2,1H3/t12?,14?,15-,16?/m0/s1. The van der Waals surface area contributed by atoms with Crippen molar-refractivity contribution in [2.75, 3.05) is 6.61 Å². The zero-order chi connectivity index (χ0) is 12.5. The summed E-state index contributed by atoms with van der Waals surface area (Å²) in [6.45, 7) is 2.60. The Morgan fingerprint density at radius 3 is 2.89 bits per heavy atom. The Morgan fingerprint density at radius 1 is 1.22 bits per heavy atom. The van der Waals surface area contributed by atoms with Crippen molar-refractivity contribution in [1.82, 2.24) is 0 Å². The molecule has 3 aliphatic rings. The van der Waals surface area contributed by atoms with Crippen LogP contribution >= 0.6 is 0 Å². The Kier molecular flexibility index (Phi) is 3.76. The summed E-state index contributed by atoms with van der Waals surface area (Å²) in [6.07, 6.45) is 9.97. The van der Waals surface area contributed by atoms with Gasteiger partial charge in [0.2, 0.25) is 0 Å². The van der Waals surface area contributed by atoms with Crippen LogP contribution in [0.5, 0.6) is 0 Å². The molecule has 0 aliphatic heterocycles. The molecule has 0 aromatic rings. The molecule has 1 fully saturated rings. The second-order valence-electron chi connectivity index (χ2n) is 6.27. The maximum absolute atomic E-state index is 10.3. The second-order valence-corrected chi connectivity index (χ2v) is 6.27. The average molecular weight is 250 g/mol. The van der Waals surface area contributed by atoms with Gasteiger partial charge in [-0.3, -0.25) is 0 Å². The van der Waals surface area contributed by atoms with Crippen LogP contribution < -0.4 is 0 Å². The van der Waals surface area contributed by atoms with Crippen molar-refractivity contribution in [2.45, 2.75) is 64.6 Å². The number of rotatable bonds is 3. The van der Waals surface area contributed by atoms with Crippen molar-refractivity contribution in [1.29, 1.82) is 0 Å². The molecule has 0 aromatic heterocycles. The van der Waals surface area contributed by atoms with E-state index in [1.807, 2.05) is 6.92 Å². The van der Waals surface area contributed by atoms with Gasteiger partial charge in [0.05, 0.1) is 0 Å². The third-order valence-corrected chi connectivity index (χ3v) is 5.32. The molecule has 0 aromatic carbocycles. The van der Waals surface area contributed by atoms with Gasteiger partial charge in [-0.05, 0) is 63.7 Å². The minimum absolute atomic E-state index is 0.370. The van der Waals surface area contributed by atoms with Gasteiger partial charge in [0.1, 0.15) is 0 Å². The SMILES string of the molecule is CCOC(O)C1CCCC2CC3=C(CCCC3)[C@H]21. The molecular formula is C16H26O2. The van der Waals surface area contributed by atoms with Crippen LogP contribution in [0.3, 0.4) is 0 Å². The van der Waals surface area contributed by atoms with E-state index in [0.717, 1.165) is 12.3 Å². The van der Waals surface area contributed by atoms with Crippen molar-refractivity contribution < 1.29 is 9.84 Å². The number of aliphatic hydroxyl groups is 1. The van der Waals surface area contributed by atoms with Gasteiger partial charge in [0, 0.05) is 12.5 Å². The van der Waals surface area contributed by atoms with Crippen molar-refractivity contribution in [3.63, 3.8) is 0 Å². The summed E-state index contributed by atoms with van der Waals surface area (Å²) in [5.41, 5.74) is 3.49. The molecular weight excluding hydrogens is 224 g/mol. The molecule has 3 rings (SSSR count). The summed E-state index contributed by atoms with van der Waals surface area (Å²) in [4.78, 5) is 0. The fourth-order valence-electron chi connectivity index (χ4n) is 4.65. The van der Waals surface area contributed by atoms with E-state index in [1.165, 1.54) is 44.9 Å². The lowest BCUT2D eigenvalue weighted by molar-refractivity contribution is -0.151. The number of hydrogen-bond acceptors (Lipinski definition) is 2. The highest BCUT2D eigenvalue weighted by molar-refractivity contribution is 5.28. The molecule has 0 heterocycles. The first-order chi connectivity index (χ1) is 8.81. The molecule has 0 radical (unpaired) electrons. The first-order valence-corrected chi connectivity index (χ1v) is 7.81. The highest BCUT2D eigenvalue weighted by atomic mass is 16.6. The number of fused-ring (bicyclic) bond motifs is 2. The molecule has 3 unspecified atom stereocenters. The van der Waals surface area contributed by atoms with Crippen LogP contribution in [0.2, 0.25) is 0 Å². The molecule has 3 aliphatic carbocycles. The van der Waals surface area contributed by atoms with Crippen molar-refractivity contribution in [2.24, 2.45) is 17.8 Å². The lowest BCUT2D eigenvalue weighted by Crippen LogP contribution is -2.36. The van der Waals surface area contributed by atoms with Gasteiger partial charge >= 0.3 is 0 Å². The van der Waals surface area contributed by atoms with Crippen molar-refractivity contribution >= 4 is 0 Å². The normalized spacial score (nSPS) is 37.3. The fraction of sp³-hybridized carbons (Fsp3) is 0.875. The van der Waals surface area contributed by atoms with Crippen LogP contribution in [0.15, 0.2) is 11.1 Å². The Hall–Kier alpha value is -0.340. The summed E-state index contributed by atoms with van der Waals surface area (Å²) in [5, 5.41) is 10.3. The first kappa shape index (κ1) is 12.7. The van der Waals surface area contributed by atoms with Crippen LogP contribution in [0.1, 0.15) is 58.3 Å². The molecule has 1 saturated carbocycles. The summed E-state index contributed by atoms with van der Waals surface area (Å²) in [5.74, 6) is 1.84. The van der Waals surface area contributed by atoms with E-state index in [9.17, 15) is 5.11 Å². The number of aliphatic hydroxyl groups excluding tert-OH is 1. The predicted molar refractivity (Wildman–Crippen MR) is 72.1 cm³/mol. The lowest BCUT2D eigenvalue weighted by Gasteiger charge is -2.38. The monoisotopic (exact) mass is 250 g/mol. The van der Waals surface area contributed by atoms with Crippen LogP contribution in [0.25, 0.3) is 0 Å².